The summed E-state index contributed by atoms with van der Waals surface area (Å²) < 4.78 is 6.95. The molecule has 1 aromatic heterocycles. The van der Waals surface area contributed by atoms with E-state index < -0.39 is 16.8 Å². The molecule has 1 saturated heterocycles. The van der Waals surface area contributed by atoms with Crippen molar-refractivity contribution in [3.8, 4) is 11.5 Å². The number of hydrogen-bond acceptors (Lipinski definition) is 9. The number of aryl methyl sites for hydroxylation is 1. The minimum Gasteiger partial charge on any atom is -0.504 e. The van der Waals surface area contributed by atoms with Gasteiger partial charge in [-0.15, -0.1) is 11.8 Å². The summed E-state index contributed by atoms with van der Waals surface area (Å²) in [6, 6.07) is 9.93. The van der Waals surface area contributed by atoms with E-state index in [0.717, 1.165) is 4.68 Å². The van der Waals surface area contributed by atoms with Crippen LogP contribution in [0.3, 0.4) is 0 Å². The zero-order chi connectivity index (χ0) is 26.0. The second kappa shape index (κ2) is 10.8. The highest BCUT2D eigenvalue weighted by Crippen LogP contribution is 2.41. The average molecular weight is 593 g/mol. The highest BCUT2D eigenvalue weighted by atomic mass is 79.9. The maximum atomic E-state index is 12.8. The second-order valence-electron chi connectivity index (χ2n) is 7.64. The molecule has 3 aromatic rings. The van der Waals surface area contributed by atoms with Gasteiger partial charge in [-0.3, -0.25) is 30.1 Å². The zero-order valence-electron chi connectivity index (χ0n) is 19.1. The Morgan fingerprint density at radius 2 is 2.08 bits per heavy atom. The van der Waals surface area contributed by atoms with Gasteiger partial charge in [0.05, 0.1) is 30.3 Å². The van der Waals surface area contributed by atoms with Crippen LogP contribution in [0.15, 0.2) is 45.7 Å². The van der Waals surface area contributed by atoms with Crippen LogP contribution in [0.2, 0.25) is 0 Å². The zero-order valence-corrected chi connectivity index (χ0v) is 22.3. The maximum absolute atomic E-state index is 12.8. The van der Waals surface area contributed by atoms with Crippen molar-refractivity contribution < 1.29 is 19.4 Å². The molecule has 0 radical (unpaired) electrons. The monoisotopic (exact) mass is 592 g/mol. The molecule has 188 valence electrons. The van der Waals surface area contributed by atoms with Gasteiger partial charge in [-0.05, 0) is 55.0 Å². The van der Waals surface area contributed by atoms with Crippen molar-refractivity contribution in [2.24, 2.45) is 0 Å². The maximum Gasteiger partial charge on any atom is 0.280 e. The number of benzene rings is 2. The molecule has 36 heavy (non-hydrogen) atoms. The lowest BCUT2D eigenvalue weighted by Gasteiger charge is -2.25. The Hall–Kier alpha value is -3.20. The number of carbonyl (C=O) groups excluding carboxylic acids is 2. The molecule has 0 spiro atoms. The second-order valence-corrected chi connectivity index (χ2v) is 10.0. The third-order valence-corrected chi connectivity index (χ3v) is 7.26. The molecule has 4 N–H and O–H groups in total. The van der Waals surface area contributed by atoms with Crippen LogP contribution in [0, 0.1) is 6.92 Å². The quantitative estimate of drug-likeness (QED) is 0.248. The van der Waals surface area contributed by atoms with Gasteiger partial charge in [0.1, 0.15) is 11.2 Å². The van der Waals surface area contributed by atoms with Gasteiger partial charge in [0.15, 0.2) is 16.6 Å². The Bertz CT molecular complexity index is 1430. The fourth-order valence-corrected chi connectivity index (χ4v) is 5.42. The summed E-state index contributed by atoms with van der Waals surface area (Å²) in [5, 5.41) is 9.83. The largest absolute Gasteiger partial charge is 0.504 e. The lowest BCUT2D eigenvalue weighted by molar-refractivity contribution is -0.124. The summed E-state index contributed by atoms with van der Waals surface area (Å²) in [5.41, 5.74) is 8.71. The molecule has 1 fully saturated rings. The number of aromatic hydroxyl groups is 1. The van der Waals surface area contributed by atoms with Crippen molar-refractivity contribution in [1.29, 1.82) is 0 Å². The van der Waals surface area contributed by atoms with Gasteiger partial charge in [-0.1, -0.05) is 22.0 Å². The number of nitrogens with zero attached hydrogens (tertiary/aromatic N) is 3. The number of aromatic nitrogens is 2. The molecule has 2 heterocycles. The molecule has 1 atom stereocenters. The summed E-state index contributed by atoms with van der Waals surface area (Å²) in [5.74, 6) is 0.0494. The van der Waals surface area contributed by atoms with Crippen LogP contribution in [0.25, 0.3) is 10.9 Å². The molecule has 1 unspecified atom stereocenters. The molecular weight excluding hydrogens is 572 g/mol. The highest BCUT2D eigenvalue weighted by molar-refractivity contribution is 9.10. The van der Waals surface area contributed by atoms with E-state index in [-0.39, 0.29) is 34.8 Å². The first-order valence-corrected chi connectivity index (χ1v) is 12.8. The molecule has 2 aromatic carbocycles. The van der Waals surface area contributed by atoms with Gasteiger partial charge < -0.3 is 9.84 Å². The smallest absolute Gasteiger partial charge is 0.280 e. The van der Waals surface area contributed by atoms with Crippen LogP contribution < -0.4 is 26.6 Å². The average Bonchev–Trinajstić information content (AvgIpc) is 3.24. The molecule has 14 heteroatoms. The van der Waals surface area contributed by atoms with Crippen LogP contribution >= 0.6 is 39.9 Å². The highest BCUT2D eigenvalue weighted by Gasteiger charge is 2.36. The number of halogens is 1. The summed E-state index contributed by atoms with van der Waals surface area (Å²) in [7, 11) is 1.44. The Morgan fingerprint density at radius 1 is 1.31 bits per heavy atom. The number of amides is 2. The van der Waals surface area contributed by atoms with Crippen molar-refractivity contribution in [3.05, 3.63) is 62.6 Å². The summed E-state index contributed by atoms with van der Waals surface area (Å²) in [4.78, 5) is 43.6. The standard InChI is InChI=1S/C22H21BrN6O5S2/c1-11-25-15-5-4-13(23)8-14(15)20(33)29(11)27-18(31)9-24-26-22(35)28-19(32)10-36-21(28)12-3-6-16(30)17(7-12)34-2/h3-8,21,24,30H,9-10H2,1-2H3,(H,26,35)(H,27,31). The summed E-state index contributed by atoms with van der Waals surface area (Å²) >= 11 is 10.1. The van der Waals surface area contributed by atoms with Gasteiger partial charge in [0.25, 0.3) is 11.5 Å². The number of thiocarbonyl (C=S) groups is 1. The van der Waals surface area contributed by atoms with Gasteiger partial charge in [-0.2, -0.15) is 0 Å². The van der Waals surface area contributed by atoms with Crippen molar-refractivity contribution in [2.45, 2.75) is 12.3 Å². The lowest BCUT2D eigenvalue weighted by Crippen LogP contribution is -2.50. The molecular formula is C22H21BrN6O5S2. The minimum atomic E-state index is -0.534. The number of nitrogens with one attached hydrogen (secondary N) is 3. The van der Waals surface area contributed by atoms with E-state index in [0.29, 0.717) is 26.8 Å². The fourth-order valence-electron chi connectivity index (χ4n) is 3.56. The number of rotatable bonds is 6. The predicted octanol–water partition coefficient (Wildman–Crippen LogP) is 1.91. The first kappa shape index (κ1) is 25.9. The molecule has 0 aliphatic carbocycles. The van der Waals surface area contributed by atoms with Gasteiger partial charge in [0, 0.05) is 4.47 Å². The Kier molecular flexibility index (Phi) is 7.78. The van der Waals surface area contributed by atoms with E-state index in [9.17, 15) is 19.5 Å². The van der Waals surface area contributed by atoms with Crippen LogP contribution in [-0.2, 0) is 9.59 Å². The number of methoxy groups -OCH3 is 1. The number of thioether (sulfide) groups is 1. The van der Waals surface area contributed by atoms with Crippen LogP contribution in [-0.4, -0.2) is 56.0 Å². The fraction of sp³-hybridized carbons (Fsp3) is 0.227. The normalized spacial score (nSPS) is 15.2. The Labute approximate surface area is 223 Å². The number of fused-ring (bicyclic) bond motifs is 1. The summed E-state index contributed by atoms with van der Waals surface area (Å²) in [6.45, 7) is 1.36. The van der Waals surface area contributed by atoms with E-state index in [2.05, 4.69) is 37.2 Å². The van der Waals surface area contributed by atoms with Crippen LogP contribution in [0.4, 0.5) is 0 Å². The number of hydrazine groups is 1. The number of carbonyl (C=O) groups is 2. The topological polar surface area (TPSA) is 138 Å². The van der Waals surface area contributed by atoms with Gasteiger partial charge in [-0.25, -0.2) is 15.1 Å². The third-order valence-electron chi connectivity index (χ3n) is 5.25. The van der Waals surface area contributed by atoms with Crippen molar-refractivity contribution in [2.75, 3.05) is 24.8 Å². The first-order valence-electron chi connectivity index (χ1n) is 10.5. The molecule has 11 nitrogen and oxygen atoms in total. The van der Waals surface area contributed by atoms with Crippen molar-refractivity contribution in [3.63, 3.8) is 0 Å². The Morgan fingerprint density at radius 3 is 2.83 bits per heavy atom. The van der Waals surface area contributed by atoms with E-state index in [4.69, 9.17) is 17.0 Å². The van der Waals surface area contributed by atoms with Crippen LogP contribution in [0.1, 0.15) is 16.8 Å². The number of phenolic OH excluding ortho intramolecular Hbond substituents is 1. The number of phenols is 1. The van der Waals surface area contributed by atoms with E-state index in [1.807, 2.05) is 0 Å². The Balaban J connectivity index is 1.40. The molecule has 1 aliphatic rings. The first-order chi connectivity index (χ1) is 17.2. The van der Waals surface area contributed by atoms with E-state index in [1.54, 1.807) is 37.3 Å². The molecule has 0 bridgehead atoms. The van der Waals surface area contributed by atoms with Crippen molar-refractivity contribution in [1.82, 2.24) is 25.4 Å². The van der Waals surface area contributed by atoms with Crippen molar-refractivity contribution >= 4 is 67.7 Å². The molecule has 1 aliphatic heterocycles. The molecule has 2 amide bonds. The van der Waals surface area contributed by atoms with Gasteiger partial charge >= 0.3 is 0 Å². The van der Waals surface area contributed by atoms with E-state index >= 15 is 0 Å². The lowest BCUT2D eigenvalue weighted by atomic mass is 10.2. The summed E-state index contributed by atoms with van der Waals surface area (Å²) in [6.07, 6.45) is 0. The predicted molar refractivity (Wildman–Crippen MR) is 143 cm³/mol. The molecule has 4 rings (SSSR count). The third kappa shape index (κ3) is 5.31. The SMILES string of the molecule is COc1cc(C2SCC(=O)N2C(=S)NNCC(=O)Nn2c(C)nc3ccc(Br)cc3c2=O)ccc1O. The number of ether oxygens (including phenoxy) is 1. The van der Waals surface area contributed by atoms with E-state index in [1.165, 1.54) is 29.8 Å². The molecule has 0 saturated carbocycles. The minimum absolute atomic E-state index is 0.0147. The number of hydrogen-bond donors (Lipinski definition) is 4. The van der Waals surface area contributed by atoms with Gasteiger partial charge in [0.2, 0.25) is 5.91 Å². The van der Waals surface area contributed by atoms with Crippen LogP contribution in [0.5, 0.6) is 11.5 Å².